The molecule has 3 nitrogen and oxygen atoms in total. The van der Waals surface area contributed by atoms with Crippen LogP contribution in [-0.2, 0) is 13.0 Å². The number of hydrogen-bond donors (Lipinski definition) is 0. The molecule has 0 bridgehead atoms. The van der Waals surface area contributed by atoms with E-state index in [0.29, 0.717) is 0 Å². The van der Waals surface area contributed by atoms with Crippen molar-refractivity contribution in [3.05, 3.63) is 53.3 Å². The fourth-order valence-electron chi connectivity index (χ4n) is 2.76. The minimum Gasteiger partial charge on any atom is -0.496 e. The van der Waals surface area contributed by atoms with Crippen LogP contribution in [0.3, 0.4) is 0 Å². The summed E-state index contributed by atoms with van der Waals surface area (Å²) in [6.45, 7) is 4.08. The summed E-state index contributed by atoms with van der Waals surface area (Å²) in [6, 6.07) is 8.37. The fourth-order valence-corrected chi connectivity index (χ4v) is 2.76. The molecule has 0 spiro atoms. The Morgan fingerprint density at radius 3 is 2.95 bits per heavy atom. The van der Waals surface area contributed by atoms with Gasteiger partial charge in [-0.05, 0) is 36.6 Å². The van der Waals surface area contributed by atoms with Gasteiger partial charge in [0.05, 0.1) is 19.0 Å². The van der Waals surface area contributed by atoms with Crippen LogP contribution in [0.2, 0.25) is 0 Å². The van der Waals surface area contributed by atoms with E-state index in [1.54, 1.807) is 7.11 Å². The summed E-state index contributed by atoms with van der Waals surface area (Å²) in [5, 5.41) is 0. The Bertz CT molecular complexity index is 595. The Kier molecular flexibility index (Phi) is 3.11. The Balaban J connectivity index is 1.93. The highest BCUT2D eigenvalue weighted by Crippen LogP contribution is 2.30. The van der Waals surface area contributed by atoms with Crippen molar-refractivity contribution in [2.24, 2.45) is 0 Å². The number of aromatic nitrogens is 1. The van der Waals surface area contributed by atoms with Crippen LogP contribution in [0.15, 0.2) is 36.7 Å². The first-order chi connectivity index (χ1) is 9.29. The minimum absolute atomic E-state index is 0.930. The molecule has 1 aromatic carbocycles. The number of benzene rings is 1. The first kappa shape index (κ1) is 12.0. The van der Waals surface area contributed by atoms with Crippen molar-refractivity contribution in [1.82, 2.24) is 4.98 Å². The fraction of sp³-hybridized carbons (Fsp3) is 0.312. The molecule has 0 radical (unpaired) electrons. The van der Waals surface area contributed by atoms with Crippen LogP contribution in [0.1, 0.15) is 16.7 Å². The van der Waals surface area contributed by atoms with E-state index in [1.165, 1.54) is 22.4 Å². The molecule has 19 heavy (non-hydrogen) atoms. The molecule has 3 heteroatoms. The van der Waals surface area contributed by atoms with Crippen LogP contribution in [0.25, 0.3) is 0 Å². The smallest absolute Gasteiger partial charge is 0.122 e. The van der Waals surface area contributed by atoms with Gasteiger partial charge in [0, 0.05) is 24.8 Å². The van der Waals surface area contributed by atoms with E-state index in [-0.39, 0.29) is 0 Å². The molecule has 0 N–H and O–H groups in total. The van der Waals surface area contributed by atoms with Crippen LogP contribution in [0, 0.1) is 6.92 Å². The maximum Gasteiger partial charge on any atom is 0.122 e. The van der Waals surface area contributed by atoms with Crippen LogP contribution in [-0.4, -0.2) is 18.6 Å². The lowest BCUT2D eigenvalue weighted by molar-refractivity contribution is 0.407. The second-order valence-electron chi connectivity index (χ2n) is 4.93. The number of hydrogen-bond acceptors (Lipinski definition) is 3. The monoisotopic (exact) mass is 254 g/mol. The lowest BCUT2D eigenvalue weighted by Gasteiger charge is -2.32. The van der Waals surface area contributed by atoms with Crippen molar-refractivity contribution < 1.29 is 4.74 Å². The molecule has 98 valence electrons. The largest absolute Gasteiger partial charge is 0.496 e. The number of pyridine rings is 1. The first-order valence-electron chi connectivity index (χ1n) is 6.60. The Morgan fingerprint density at radius 1 is 1.26 bits per heavy atom. The summed E-state index contributed by atoms with van der Waals surface area (Å²) in [4.78, 5) is 6.64. The van der Waals surface area contributed by atoms with Gasteiger partial charge >= 0.3 is 0 Å². The van der Waals surface area contributed by atoms with E-state index < -0.39 is 0 Å². The molecule has 1 aromatic heterocycles. The van der Waals surface area contributed by atoms with Gasteiger partial charge in [-0.15, -0.1) is 0 Å². The normalized spacial score (nSPS) is 14.1. The minimum atomic E-state index is 0.930. The summed E-state index contributed by atoms with van der Waals surface area (Å²) in [7, 11) is 1.74. The molecule has 1 aliphatic rings. The summed E-state index contributed by atoms with van der Waals surface area (Å²) in [5.74, 6) is 1.01. The Labute approximate surface area is 113 Å². The van der Waals surface area contributed by atoms with E-state index in [4.69, 9.17) is 4.74 Å². The molecule has 1 aliphatic heterocycles. The zero-order chi connectivity index (χ0) is 13.2. The van der Waals surface area contributed by atoms with Crippen LogP contribution in [0.5, 0.6) is 5.75 Å². The molecule has 0 unspecified atom stereocenters. The first-order valence-corrected chi connectivity index (χ1v) is 6.60. The number of anilines is 1. The number of aryl methyl sites for hydroxylation is 1. The highest BCUT2D eigenvalue weighted by Gasteiger charge is 2.20. The van der Waals surface area contributed by atoms with E-state index in [1.807, 2.05) is 18.5 Å². The van der Waals surface area contributed by atoms with Crippen molar-refractivity contribution in [3.8, 4) is 5.75 Å². The van der Waals surface area contributed by atoms with Crippen LogP contribution >= 0.6 is 0 Å². The second-order valence-corrected chi connectivity index (χ2v) is 4.93. The number of rotatable bonds is 2. The van der Waals surface area contributed by atoms with Crippen molar-refractivity contribution in [2.45, 2.75) is 19.9 Å². The van der Waals surface area contributed by atoms with Gasteiger partial charge in [0.15, 0.2) is 0 Å². The van der Waals surface area contributed by atoms with Crippen LogP contribution in [0.4, 0.5) is 5.69 Å². The average Bonchev–Trinajstić information content (AvgIpc) is 2.46. The van der Waals surface area contributed by atoms with Crippen molar-refractivity contribution in [3.63, 3.8) is 0 Å². The molecule has 0 aliphatic carbocycles. The standard InChI is InChI=1S/C16H18N2O/c1-12-6-8-17-10-15(12)18-9-7-14-13(11-18)4-3-5-16(14)19-2/h3-6,8,10H,7,9,11H2,1-2H3. The molecule has 0 atom stereocenters. The molecular formula is C16H18N2O. The molecular weight excluding hydrogens is 236 g/mol. The summed E-state index contributed by atoms with van der Waals surface area (Å²) in [6.07, 6.45) is 4.83. The van der Waals surface area contributed by atoms with Crippen LogP contribution < -0.4 is 9.64 Å². The van der Waals surface area contributed by atoms with Gasteiger partial charge < -0.3 is 9.64 Å². The predicted octanol–water partition coefficient (Wildman–Crippen LogP) is 2.96. The highest BCUT2D eigenvalue weighted by molar-refractivity contribution is 5.54. The molecule has 3 rings (SSSR count). The second kappa shape index (κ2) is 4.92. The van der Waals surface area contributed by atoms with Gasteiger partial charge in [-0.25, -0.2) is 0 Å². The van der Waals surface area contributed by atoms with Gasteiger partial charge in [0.25, 0.3) is 0 Å². The van der Waals surface area contributed by atoms with E-state index in [2.05, 4.69) is 35.0 Å². The third-order valence-electron chi connectivity index (χ3n) is 3.80. The number of nitrogens with zero attached hydrogens (tertiary/aromatic N) is 2. The van der Waals surface area contributed by atoms with Gasteiger partial charge in [-0.3, -0.25) is 4.98 Å². The molecule has 0 fully saturated rings. The quantitative estimate of drug-likeness (QED) is 0.824. The molecule has 2 aromatic rings. The maximum absolute atomic E-state index is 5.45. The summed E-state index contributed by atoms with van der Waals surface area (Å²) < 4.78 is 5.45. The maximum atomic E-state index is 5.45. The molecule has 0 amide bonds. The van der Waals surface area contributed by atoms with E-state index >= 15 is 0 Å². The van der Waals surface area contributed by atoms with Crippen molar-refractivity contribution in [2.75, 3.05) is 18.6 Å². The third-order valence-corrected chi connectivity index (χ3v) is 3.80. The summed E-state index contributed by atoms with van der Waals surface area (Å²) >= 11 is 0. The number of ether oxygens (including phenoxy) is 1. The number of methoxy groups -OCH3 is 1. The Hall–Kier alpha value is -2.03. The highest BCUT2D eigenvalue weighted by atomic mass is 16.5. The zero-order valence-electron chi connectivity index (χ0n) is 11.4. The van der Waals surface area contributed by atoms with Gasteiger partial charge in [0.1, 0.15) is 5.75 Å². The van der Waals surface area contributed by atoms with Gasteiger partial charge in [-0.2, -0.15) is 0 Å². The number of fused-ring (bicyclic) bond motifs is 1. The van der Waals surface area contributed by atoms with E-state index in [9.17, 15) is 0 Å². The lowest BCUT2D eigenvalue weighted by Crippen LogP contribution is -2.31. The SMILES string of the molecule is COc1cccc2c1CCN(c1cnccc1C)C2. The molecule has 2 heterocycles. The van der Waals surface area contributed by atoms with Gasteiger partial charge in [-0.1, -0.05) is 12.1 Å². The van der Waals surface area contributed by atoms with E-state index in [0.717, 1.165) is 25.3 Å². The van der Waals surface area contributed by atoms with Crippen molar-refractivity contribution >= 4 is 5.69 Å². The molecule has 0 saturated carbocycles. The molecule has 0 saturated heterocycles. The van der Waals surface area contributed by atoms with Crippen molar-refractivity contribution in [1.29, 1.82) is 0 Å². The predicted molar refractivity (Wildman–Crippen MR) is 76.7 cm³/mol. The zero-order valence-corrected chi connectivity index (χ0v) is 11.4. The third kappa shape index (κ3) is 2.16. The van der Waals surface area contributed by atoms with Gasteiger partial charge in [0.2, 0.25) is 0 Å². The summed E-state index contributed by atoms with van der Waals surface area (Å²) in [5.41, 5.74) is 5.22. The topological polar surface area (TPSA) is 25.4 Å². The Morgan fingerprint density at radius 2 is 2.16 bits per heavy atom. The average molecular weight is 254 g/mol. The lowest BCUT2D eigenvalue weighted by atomic mass is 9.98.